The largest absolute Gasteiger partial charge is 0.478 e. The number of nitrogens with one attached hydrogen (secondary N) is 1. The van der Waals surface area contributed by atoms with Gasteiger partial charge in [0.2, 0.25) is 0 Å². The topological polar surface area (TPSA) is 62.2 Å². The minimum Gasteiger partial charge on any atom is -0.478 e. The number of anilines is 2. The Morgan fingerprint density at radius 2 is 2.10 bits per heavy atom. The van der Waals surface area contributed by atoms with Gasteiger partial charge in [0.25, 0.3) is 0 Å². The fraction of sp³-hybridized carbons (Fsp3) is 0.250. The van der Waals surface area contributed by atoms with Crippen LogP contribution in [0, 0.1) is 6.92 Å². The number of hydrogen-bond donors (Lipinski definition) is 2. The second-order valence-corrected chi connectivity index (χ2v) is 5.73. The maximum atomic E-state index is 11.2. The van der Waals surface area contributed by atoms with E-state index in [0.29, 0.717) is 5.82 Å². The number of pyridine rings is 1. The molecule has 2 N–H and O–H groups in total. The summed E-state index contributed by atoms with van der Waals surface area (Å²) < 4.78 is 1.03. The number of rotatable bonds is 5. The summed E-state index contributed by atoms with van der Waals surface area (Å²) in [7, 11) is 0. The van der Waals surface area contributed by atoms with Gasteiger partial charge >= 0.3 is 5.97 Å². The van der Waals surface area contributed by atoms with Gasteiger partial charge in [0.1, 0.15) is 5.82 Å². The van der Waals surface area contributed by atoms with E-state index in [9.17, 15) is 9.90 Å². The Kier molecular flexibility index (Phi) is 4.96. The van der Waals surface area contributed by atoms with E-state index in [1.54, 1.807) is 12.1 Å². The molecule has 0 saturated heterocycles. The van der Waals surface area contributed by atoms with E-state index in [2.05, 4.69) is 26.2 Å². The van der Waals surface area contributed by atoms with Crippen molar-refractivity contribution in [2.24, 2.45) is 0 Å². The average Bonchev–Trinajstić information content (AvgIpc) is 2.43. The summed E-state index contributed by atoms with van der Waals surface area (Å²) in [6.07, 6.45) is 1.68. The molecule has 4 nitrogen and oxygen atoms in total. The van der Waals surface area contributed by atoms with Gasteiger partial charge in [-0.05, 0) is 49.2 Å². The van der Waals surface area contributed by atoms with Crippen LogP contribution in [0.4, 0.5) is 11.5 Å². The summed E-state index contributed by atoms with van der Waals surface area (Å²) in [6.45, 7) is 4.04. The molecule has 0 saturated carbocycles. The number of hydrogen-bond acceptors (Lipinski definition) is 3. The molecule has 2 rings (SSSR count). The first-order valence-corrected chi connectivity index (χ1v) is 7.56. The number of halogens is 1. The van der Waals surface area contributed by atoms with Crippen molar-refractivity contribution >= 4 is 33.4 Å². The quantitative estimate of drug-likeness (QED) is 0.832. The van der Waals surface area contributed by atoms with Crippen LogP contribution >= 0.6 is 15.9 Å². The molecule has 2 aromatic rings. The minimum absolute atomic E-state index is 0.254. The predicted molar refractivity (Wildman–Crippen MR) is 87.4 cm³/mol. The minimum atomic E-state index is -0.940. The van der Waals surface area contributed by atoms with Gasteiger partial charge in [-0.2, -0.15) is 0 Å². The van der Waals surface area contributed by atoms with Crippen molar-refractivity contribution < 1.29 is 9.90 Å². The summed E-state index contributed by atoms with van der Waals surface area (Å²) in [5, 5.41) is 12.4. The van der Waals surface area contributed by atoms with Crippen LogP contribution in [-0.4, -0.2) is 16.1 Å². The van der Waals surface area contributed by atoms with E-state index in [4.69, 9.17) is 0 Å². The Morgan fingerprint density at radius 3 is 2.71 bits per heavy atom. The van der Waals surface area contributed by atoms with Gasteiger partial charge in [-0.25, -0.2) is 9.78 Å². The van der Waals surface area contributed by atoms with E-state index in [1.807, 2.05) is 32.0 Å². The number of carbonyl (C=O) groups is 1. The monoisotopic (exact) mass is 348 g/mol. The molecular weight excluding hydrogens is 332 g/mol. The molecule has 1 aromatic carbocycles. The molecule has 0 fully saturated rings. The first kappa shape index (κ1) is 15.5. The highest BCUT2D eigenvalue weighted by atomic mass is 79.9. The Bertz CT molecular complexity index is 671. The summed E-state index contributed by atoms with van der Waals surface area (Å²) in [6, 6.07) is 9.04. The third kappa shape index (κ3) is 4.04. The second kappa shape index (κ2) is 6.72. The highest BCUT2D eigenvalue weighted by Gasteiger charge is 2.09. The van der Waals surface area contributed by atoms with Crippen molar-refractivity contribution in [3.05, 3.63) is 51.6 Å². The Morgan fingerprint density at radius 1 is 1.33 bits per heavy atom. The lowest BCUT2D eigenvalue weighted by Gasteiger charge is -2.10. The molecule has 110 valence electrons. The van der Waals surface area contributed by atoms with Crippen LogP contribution in [0.2, 0.25) is 0 Å². The van der Waals surface area contributed by atoms with Gasteiger partial charge < -0.3 is 10.4 Å². The highest BCUT2D eigenvalue weighted by Crippen LogP contribution is 2.23. The first-order chi connectivity index (χ1) is 9.99. The second-order valence-electron chi connectivity index (χ2n) is 4.88. The smallest absolute Gasteiger partial charge is 0.335 e. The summed E-state index contributed by atoms with van der Waals surface area (Å²) in [4.78, 5) is 15.7. The van der Waals surface area contributed by atoms with Crippen molar-refractivity contribution in [2.75, 3.05) is 5.32 Å². The fourth-order valence-electron chi connectivity index (χ4n) is 2.03. The molecule has 21 heavy (non-hydrogen) atoms. The number of nitrogens with zero attached hydrogens (tertiary/aromatic N) is 1. The normalized spacial score (nSPS) is 10.4. The Labute approximate surface area is 132 Å². The van der Waals surface area contributed by atoms with E-state index in [-0.39, 0.29) is 5.56 Å². The fourth-order valence-corrected chi connectivity index (χ4v) is 2.28. The van der Waals surface area contributed by atoms with Crippen LogP contribution in [0.3, 0.4) is 0 Å². The third-order valence-corrected chi connectivity index (χ3v) is 3.95. The summed E-state index contributed by atoms with van der Waals surface area (Å²) >= 11 is 3.46. The van der Waals surface area contributed by atoms with Gasteiger partial charge in [-0.1, -0.05) is 29.3 Å². The number of carboxylic acids is 1. The lowest BCUT2D eigenvalue weighted by Crippen LogP contribution is -2.04. The lowest BCUT2D eigenvalue weighted by atomic mass is 10.1. The number of carboxylic acid groups (broad SMARTS) is 1. The number of aromatic nitrogens is 1. The van der Waals surface area contributed by atoms with Crippen molar-refractivity contribution in [2.45, 2.75) is 26.7 Å². The Balaban J connectivity index is 2.33. The van der Waals surface area contributed by atoms with Crippen LogP contribution < -0.4 is 5.32 Å². The summed E-state index contributed by atoms with van der Waals surface area (Å²) in [5.74, 6) is -0.384. The molecule has 0 bridgehead atoms. The maximum Gasteiger partial charge on any atom is 0.335 e. The molecule has 0 aliphatic rings. The maximum absolute atomic E-state index is 11.2. The van der Waals surface area contributed by atoms with Gasteiger partial charge in [0, 0.05) is 15.9 Å². The molecule has 0 aliphatic carbocycles. The molecule has 0 amide bonds. The molecule has 1 heterocycles. The van der Waals surface area contributed by atoms with Crippen LogP contribution in [-0.2, 0) is 6.42 Å². The van der Waals surface area contributed by atoms with Crippen molar-refractivity contribution in [1.82, 2.24) is 4.98 Å². The molecule has 1 aromatic heterocycles. The lowest BCUT2D eigenvalue weighted by molar-refractivity contribution is 0.0696. The molecule has 0 spiro atoms. The SMILES string of the molecule is CCCc1cc(C(=O)O)cc(Nc2ccc(Br)c(C)c2)n1. The summed E-state index contributed by atoms with van der Waals surface area (Å²) in [5.41, 5.74) is 3.02. The Hall–Kier alpha value is -1.88. The van der Waals surface area contributed by atoms with Crippen molar-refractivity contribution in [3.63, 3.8) is 0 Å². The molecular formula is C16H17BrN2O2. The first-order valence-electron chi connectivity index (χ1n) is 6.77. The standard InChI is InChI=1S/C16H17BrN2O2/c1-3-4-12-8-11(16(20)21)9-15(18-12)19-13-5-6-14(17)10(2)7-13/h5-9H,3-4H2,1-2H3,(H,18,19)(H,20,21). The van der Waals surface area contributed by atoms with Crippen molar-refractivity contribution in [3.8, 4) is 0 Å². The number of aryl methyl sites for hydroxylation is 2. The van der Waals surface area contributed by atoms with E-state index in [1.165, 1.54) is 0 Å². The zero-order chi connectivity index (χ0) is 15.4. The van der Waals surface area contributed by atoms with Crippen molar-refractivity contribution in [1.29, 1.82) is 0 Å². The molecule has 0 atom stereocenters. The zero-order valence-electron chi connectivity index (χ0n) is 12.0. The number of benzene rings is 1. The van der Waals surface area contributed by atoms with E-state index >= 15 is 0 Å². The molecule has 5 heteroatoms. The third-order valence-electron chi connectivity index (χ3n) is 3.06. The van der Waals surface area contributed by atoms with Crippen LogP contribution in [0.1, 0.15) is 35.0 Å². The van der Waals surface area contributed by atoms with Gasteiger partial charge in [0.15, 0.2) is 0 Å². The van der Waals surface area contributed by atoms with Crippen LogP contribution in [0.15, 0.2) is 34.8 Å². The molecule has 0 aliphatic heterocycles. The predicted octanol–water partition coefficient (Wildman–Crippen LogP) is 4.55. The highest BCUT2D eigenvalue weighted by molar-refractivity contribution is 9.10. The van der Waals surface area contributed by atoms with Gasteiger partial charge in [0.05, 0.1) is 5.56 Å². The van der Waals surface area contributed by atoms with E-state index in [0.717, 1.165) is 34.3 Å². The average molecular weight is 349 g/mol. The van der Waals surface area contributed by atoms with Gasteiger partial charge in [-0.3, -0.25) is 0 Å². The zero-order valence-corrected chi connectivity index (χ0v) is 13.6. The van der Waals surface area contributed by atoms with E-state index < -0.39 is 5.97 Å². The molecule has 0 radical (unpaired) electrons. The van der Waals surface area contributed by atoms with Crippen LogP contribution in [0.25, 0.3) is 0 Å². The van der Waals surface area contributed by atoms with Crippen LogP contribution in [0.5, 0.6) is 0 Å². The number of aromatic carboxylic acids is 1. The molecule has 0 unspecified atom stereocenters. The van der Waals surface area contributed by atoms with Gasteiger partial charge in [-0.15, -0.1) is 0 Å².